The van der Waals surface area contributed by atoms with Gasteiger partial charge >= 0.3 is 0 Å². The Kier molecular flexibility index (Phi) is 5.23. The molecule has 0 bridgehead atoms. The van der Waals surface area contributed by atoms with Crippen molar-refractivity contribution in [3.8, 4) is 0 Å². The van der Waals surface area contributed by atoms with E-state index < -0.39 is 0 Å². The molecule has 3 heteroatoms. The van der Waals surface area contributed by atoms with Crippen molar-refractivity contribution >= 4 is 11.8 Å². The van der Waals surface area contributed by atoms with E-state index in [1.807, 2.05) is 0 Å². The molecule has 122 valence electrons. The summed E-state index contributed by atoms with van der Waals surface area (Å²) in [6, 6.07) is 0. The first-order valence-electron chi connectivity index (χ1n) is 9.14. The second-order valence-electron chi connectivity index (χ2n) is 7.77. The summed E-state index contributed by atoms with van der Waals surface area (Å²) in [5.74, 6) is 4.14. The Morgan fingerprint density at radius 2 is 1.90 bits per heavy atom. The van der Waals surface area contributed by atoms with Crippen molar-refractivity contribution in [1.82, 2.24) is 5.32 Å². The Morgan fingerprint density at radius 3 is 2.67 bits per heavy atom. The predicted octanol–water partition coefficient (Wildman–Crippen LogP) is 4.24. The topological polar surface area (TPSA) is 21.3 Å². The maximum absolute atomic E-state index is 6.34. The van der Waals surface area contributed by atoms with Crippen LogP contribution < -0.4 is 5.32 Å². The van der Waals surface area contributed by atoms with Gasteiger partial charge < -0.3 is 10.1 Å². The van der Waals surface area contributed by atoms with Crippen LogP contribution in [0.25, 0.3) is 0 Å². The van der Waals surface area contributed by atoms with E-state index >= 15 is 0 Å². The third-order valence-corrected chi connectivity index (χ3v) is 7.36. The molecule has 2 unspecified atom stereocenters. The monoisotopic (exact) mass is 311 g/mol. The van der Waals surface area contributed by atoms with Crippen molar-refractivity contribution in [2.75, 3.05) is 24.7 Å². The van der Waals surface area contributed by atoms with Gasteiger partial charge in [0, 0.05) is 12.1 Å². The summed E-state index contributed by atoms with van der Waals surface area (Å²) in [6.45, 7) is 7.10. The molecule has 3 saturated heterocycles. The summed E-state index contributed by atoms with van der Waals surface area (Å²) in [5.41, 5.74) is 0.599. The van der Waals surface area contributed by atoms with Gasteiger partial charge in [0.25, 0.3) is 0 Å². The van der Waals surface area contributed by atoms with Crippen LogP contribution in [0.2, 0.25) is 0 Å². The highest BCUT2D eigenvalue weighted by atomic mass is 32.2. The van der Waals surface area contributed by atoms with E-state index in [0.717, 1.165) is 18.4 Å². The van der Waals surface area contributed by atoms with Crippen molar-refractivity contribution in [1.29, 1.82) is 0 Å². The highest BCUT2D eigenvalue weighted by Crippen LogP contribution is 2.46. The van der Waals surface area contributed by atoms with Gasteiger partial charge in [-0.15, -0.1) is 0 Å². The number of hydrogen-bond donors (Lipinski definition) is 1. The van der Waals surface area contributed by atoms with Crippen LogP contribution in [0.3, 0.4) is 0 Å². The summed E-state index contributed by atoms with van der Waals surface area (Å²) in [7, 11) is 0. The molecule has 21 heavy (non-hydrogen) atoms. The lowest BCUT2D eigenvalue weighted by Gasteiger charge is -2.52. The Labute approximate surface area is 135 Å². The third-order valence-electron chi connectivity index (χ3n) is 6.38. The van der Waals surface area contributed by atoms with Crippen molar-refractivity contribution < 1.29 is 4.74 Å². The molecule has 3 heterocycles. The van der Waals surface area contributed by atoms with Crippen LogP contribution in [0.1, 0.15) is 65.2 Å². The van der Waals surface area contributed by atoms with Gasteiger partial charge in [-0.25, -0.2) is 0 Å². The van der Waals surface area contributed by atoms with E-state index in [0.29, 0.717) is 5.54 Å². The zero-order chi connectivity index (χ0) is 14.8. The van der Waals surface area contributed by atoms with Crippen molar-refractivity contribution in [2.45, 2.75) is 76.4 Å². The average molecular weight is 312 g/mol. The SMILES string of the molecule is CC(C)C1(C2CCOC3(CCSCC3)C2)CCCCCN1. The van der Waals surface area contributed by atoms with Crippen LogP contribution in [-0.4, -0.2) is 35.8 Å². The second-order valence-corrected chi connectivity index (χ2v) is 8.99. The molecular weight excluding hydrogens is 278 g/mol. The minimum atomic E-state index is 0.226. The van der Waals surface area contributed by atoms with E-state index in [1.54, 1.807) is 0 Å². The zero-order valence-corrected chi connectivity index (χ0v) is 14.8. The molecule has 0 amide bonds. The fourth-order valence-corrected chi connectivity index (χ4v) is 6.24. The fraction of sp³-hybridized carbons (Fsp3) is 1.00. The molecule has 3 fully saturated rings. The largest absolute Gasteiger partial charge is 0.375 e. The standard InChI is InChI=1S/C18H33NOS/c1-15(2)18(7-4-3-5-10-19-18)16-6-11-20-17(14-16)8-12-21-13-9-17/h15-16,19H,3-14H2,1-2H3. The highest BCUT2D eigenvalue weighted by Gasteiger charge is 2.48. The molecule has 0 saturated carbocycles. The van der Waals surface area contributed by atoms with Gasteiger partial charge in [-0.1, -0.05) is 26.7 Å². The third kappa shape index (κ3) is 3.30. The molecule has 0 aliphatic carbocycles. The minimum absolute atomic E-state index is 0.226. The smallest absolute Gasteiger partial charge is 0.0701 e. The van der Waals surface area contributed by atoms with E-state index in [2.05, 4.69) is 30.9 Å². The molecule has 0 aromatic heterocycles. The molecule has 3 aliphatic rings. The normalized spacial score (nSPS) is 37.6. The lowest BCUT2D eigenvalue weighted by atomic mass is 9.65. The lowest BCUT2D eigenvalue weighted by molar-refractivity contribution is -0.121. The second kappa shape index (κ2) is 6.80. The van der Waals surface area contributed by atoms with E-state index in [-0.39, 0.29) is 5.60 Å². The zero-order valence-electron chi connectivity index (χ0n) is 14.0. The number of ether oxygens (including phenoxy) is 1. The van der Waals surface area contributed by atoms with Crippen molar-refractivity contribution in [3.63, 3.8) is 0 Å². The van der Waals surface area contributed by atoms with Crippen LogP contribution >= 0.6 is 11.8 Å². The minimum Gasteiger partial charge on any atom is -0.375 e. The number of thioether (sulfide) groups is 1. The molecule has 0 radical (unpaired) electrons. The van der Waals surface area contributed by atoms with E-state index in [4.69, 9.17) is 4.74 Å². The molecule has 0 aromatic carbocycles. The van der Waals surface area contributed by atoms with Gasteiger partial charge in [-0.2, -0.15) is 11.8 Å². The molecule has 2 nitrogen and oxygen atoms in total. The molecular formula is C18H33NOS. The average Bonchev–Trinajstić information content (AvgIpc) is 2.75. The summed E-state index contributed by atoms with van der Waals surface area (Å²) >= 11 is 2.11. The van der Waals surface area contributed by atoms with Gasteiger partial charge in [0.05, 0.1) is 5.60 Å². The molecule has 2 atom stereocenters. The molecule has 3 rings (SSSR count). The molecule has 3 aliphatic heterocycles. The number of rotatable bonds is 2. The number of nitrogens with one attached hydrogen (secondary N) is 1. The summed E-state index contributed by atoms with van der Waals surface area (Å²) in [4.78, 5) is 0. The van der Waals surface area contributed by atoms with E-state index in [9.17, 15) is 0 Å². The summed E-state index contributed by atoms with van der Waals surface area (Å²) < 4.78 is 6.34. The van der Waals surface area contributed by atoms with Gasteiger partial charge in [0.1, 0.15) is 0 Å². The van der Waals surface area contributed by atoms with Gasteiger partial charge in [0.15, 0.2) is 0 Å². The lowest BCUT2D eigenvalue weighted by Crippen LogP contribution is -2.59. The Balaban J connectivity index is 1.78. The van der Waals surface area contributed by atoms with Crippen LogP contribution in [0.5, 0.6) is 0 Å². The molecule has 0 aromatic rings. The van der Waals surface area contributed by atoms with Gasteiger partial charge in [0.2, 0.25) is 0 Å². The van der Waals surface area contributed by atoms with Gasteiger partial charge in [-0.3, -0.25) is 0 Å². The number of hydrogen-bond acceptors (Lipinski definition) is 3. The fourth-order valence-electron chi connectivity index (χ4n) is 5.00. The van der Waals surface area contributed by atoms with Crippen molar-refractivity contribution in [3.05, 3.63) is 0 Å². The first-order valence-corrected chi connectivity index (χ1v) is 10.3. The predicted molar refractivity (Wildman–Crippen MR) is 92.0 cm³/mol. The first kappa shape index (κ1) is 16.1. The summed E-state index contributed by atoms with van der Waals surface area (Å²) in [6.07, 6.45) is 10.7. The maximum atomic E-state index is 6.34. The summed E-state index contributed by atoms with van der Waals surface area (Å²) in [5, 5.41) is 4.03. The van der Waals surface area contributed by atoms with Gasteiger partial charge in [-0.05, 0) is 68.4 Å². The molecule has 1 spiro atoms. The highest BCUT2D eigenvalue weighted by molar-refractivity contribution is 7.99. The van der Waals surface area contributed by atoms with Crippen LogP contribution in [0.15, 0.2) is 0 Å². The first-order chi connectivity index (χ1) is 10.2. The van der Waals surface area contributed by atoms with E-state index in [1.165, 1.54) is 69.4 Å². The van der Waals surface area contributed by atoms with Crippen molar-refractivity contribution in [2.24, 2.45) is 11.8 Å². The quantitative estimate of drug-likeness (QED) is 0.824. The van der Waals surface area contributed by atoms with Crippen LogP contribution in [0.4, 0.5) is 0 Å². The Hall–Kier alpha value is 0.270. The Morgan fingerprint density at radius 1 is 1.10 bits per heavy atom. The van der Waals surface area contributed by atoms with Crippen LogP contribution in [-0.2, 0) is 4.74 Å². The maximum Gasteiger partial charge on any atom is 0.0701 e. The Bertz CT molecular complexity index is 325. The molecule has 1 N–H and O–H groups in total. The van der Waals surface area contributed by atoms with Crippen LogP contribution in [0, 0.1) is 11.8 Å².